The molecule has 0 spiro atoms. The van der Waals surface area contributed by atoms with E-state index in [2.05, 4.69) is 52.8 Å². The van der Waals surface area contributed by atoms with E-state index in [0.29, 0.717) is 5.82 Å². The van der Waals surface area contributed by atoms with Crippen molar-refractivity contribution >= 4 is 70.6 Å². The Kier molecular flexibility index (Phi) is 3.49. The van der Waals surface area contributed by atoms with Crippen molar-refractivity contribution in [2.24, 2.45) is 0 Å². The fourth-order valence-electron chi connectivity index (χ4n) is 1.93. The molecule has 0 aliphatic heterocycles. The van der Waals surface area contributed by atoms with Crippen molar-refractivity contribution in [3.05, 3.63) is 36.6 Å². The highest BCUT2D eigenvalue weighted by molar-refractivity contribution is 9.13. The van der Waals surface area contributed by atoms with Crippen LogP contribution in [-0.4, -0.2) is 9.38 Å². The molecule has 3 heterocycles. The van der Waals surface area contributed by atoms with Gasteiger partial charge in [-0.2, -0.15) is 0 Å². The van der Waals surface area contributed by atoms with E-state index in [1.807, 2.05) is 29.7 Å². The molecule has 0 saturated heterocycles. The molecule has 0 aromatic carbocycles. The minimum atomic E-state index is 0.653. The van der Waals surface area contributed by atoms with E-state index >= 15 is 0 Å². The zero-order valence-electron chi connectivity index (χ0n) is 9.75. The Morgan fingerprint density at radius 3 is 2.63 bits per heavy atom. The number of nitrogens with two attached hydrogens (primary N) is 1. The first-order valence-electron chi connectivity index (χ1n) is 5.36. The van der Waals surface area contributed by atoms with Gasteiger partial charge in [-0.25, -0.2) is 4.98 Å². The van der Waals surface area contributed by atoms with Gasteiger partial charge in [0.1, 0.15) is 17.2 Å². The summed E-state index contributed by atoms with van der Waals surface area (Å²) in [5.41, 5.74) is 9.01. The summed E-state index contributed by atoms with van der Waals surface area (Å²) in [6.45, 7) is 2.02. The third-order valence-corrected chi connectivity index (χ3v) is 6.48. The third-order valence-electron chi connectivity index (χ3n) is 2.79. The second-order valence-corrected chi connectivity index (χ2v) is 8.25. The fraction of sp³-hybridized carbons (Fsp3) is 0.0833. The molecule has 3 nitrogen and oxygen atoms in total. The third kappa shape index (κ3) is 2.26. The smallest absolute Gasteiger partial charge is 0.142 e. The average molecular weight is 466 g/mol. The predicted molar refractivity (Wildman–Crippen MR) is 90.8 cm³/mol. The number of imidazole rings is 1. The largest absolute Gasteiger partial charge is 0.383 e. The molecule has 0 radical (unpaired) electrons. The Morgan fingerprint density at radius 1 is 1.26 bits per heavy atom. The van der Waals surface area contributed by atoms with Crippen LogP contribution >= 0.6 is 59.1 Å². The van der Waals surface area contributed by atoms with Crippen LogP contribution in [0.2, 0.25) is 0 Å². The first-order chi connectivity index (χ1) is 8.97. The number of hydrogen-bond acceptors (Lipinski definition) is 3. The monoisotopic (exact) mass is 463 g/mol. The summed E-state index contributed by atoms with van der Waals surface area (Å²) in [6.07, 6.45) is 1.94. The second-order valence-electron chi connectivity index (χ2n) is 4.11. The van der Waals surface area contributed by atoms with E-state index in [1.54, 1.807) is 11.3 Å². The number of rotatable bonds is 1. The van der Waals surface area contributed by atoms with Gasteiger partial charge in [-0.3, -0.25) is 4.40 Å². The Labute approximate surface area is 139 Å². The molecule has 7 heteroatoms. The molecular formula is C12H8Br3N3S. The summed E-state index contributed by atoms with van der Waals surface area (Å²) >= 11 is 12.1. The molecule has 0 unspecified atom stereocenters. The molecular weight excluding hydrogens is 458 g/mol. The van der Waals surface area contributed by atoms with Crippen molar-refractivity contribution in [1.82, 2.24) is 9.38 Å². The van der Waals surface area contributed by atoms with Crippen molar-refractivity contribution < 1.29 is 0 Å². The molecule has 0 fully saturated rings. The van der Waals surface area contributed by atoms with Gasteiger partial charge in [0.25, 0.3) is 0 Å². The molecule has 0 amide bonds. The van der Waals surface area contributed by atoms with Crippen molar-refractivity contribution in [2.45, 2.75) is 6.92 Å². The number of pyridine rings is 1. The van der Waals surface area contributed by atoms with Crippen LogP contribution in [0, 0.1) is 6.92 Å². The minimum Gasteiger partial charge on any atom is -0.383 e. The zero-order valence-corrected chi connectivity index (χ0v) is 15.3. The number of aromatic nitrogens is 2. The number of nitrogen functional groups attached to an aromatic ring is 1. The van der Waals surface area contributed by atoms with Gasteiger partial charge >= 0.3 is 0 Å². The summed E-state index contributed by atoms with van der Waals surface area (Å²) in [4.78, 5) is 5.70. The van der Waals surface area contributed by atoms with E-state index in [9.17, 15) is 0 Å². The van der Waals surface area contributed by atoms with E-state index < -0.39 is 0 Å². The lowest BCUT2D eigenvalue weighted by Crippen LogP contribution is -1.94. The Hall–Kier alpha value is -0.370. The van der Waals surface area contributed by atoms with Gasteiger partial charge in [0.05, 0.1) is 8.66 Å². The van der Waals surface area contributed by atoms with Crippen LogP contribution in [0.25, 0.3) is 16.2 Å². The lowest BCUT2D eigenvalue weighted by molar-refractivity contribution is 1.16. The van der Waals surface area contributed by atoms with Crippen LogP contribution in [0.1, 0.15) is 5.56 Å². The van der Waals surface area contributed by atoms with E-state index in [-0.39, 0.29) is 0 Å². The van der Waals surface area contributed by atoms with Crippen molar-refractivity contribution in [1.29, 1.82) is 0 Å². The minimum absolute atomic E-state index is 0.653. The van der Waals surface area contributed by atoms with Crippen LogP contribution in [-0.2, 0) is 0 Å². The quantitative estimate of drug-likeness (QED) is 0.534. The number of hydrogen-bond donors (Lipinski definition) is 1. The summed E-state index contributed by atoms with van der Waals surface area (Å²) in [6, 6.07) is 4.06. The molecule has 0 bridgehead atoms. The van der Waals surface area contributed by atoms with Gasteiger partial charge < -0.3 is 5.73 Å². The molecule has 0 atom stereocenters. The van der Waals surface area contributed by atoms with Gasteiger partial charge in [-0.1, -0.05) is 0 Å². The van der Waals surface area contributed by atoms with Gasteiger partial charge in [0.2, 0.25) is 0 Å². The summed E-state index contributed by atoms with van der Waals surface area (Å²) < 4.78 is 4.96. The molecule has 3 aromatic rings. The molecule has 3 aromatic heterocycles. The second kappa shape index (κ2) is 4.87. The number of anilines is 1. The normalized spacial score (nSPS) is 11.4. The molecule has 19 heavy (non-hydrogen) atoms. The number of thiophene rings is 1. The topological polar surface area (TPSA) is 43.3 Å². The van der Waals surface area contributed by atoms with Crippen molar-refractivity contribution in [2.75, 3.05) is 5.73 Å². The molecule has 0 saturated carbocycles. The standard InChI is InChI=1S/C12H8Br3N3S/c1-5-2-6(13)4-18-11(16)9(17-12(5)18)8-3-7(14)10(15)19-8/h2-4H,16H2,1H3. The van der Waals surface area contributed by atoms with E-state index in [0.717, 1.165) is 34.5 Å². The van der Waals surface area contributed by atoms with Crippen LogP contribution in [0.4, 0.5) is 5.82 Å². The fourth-order valence-corrected chi connectivity index (χ4v) is 4.51. The lowest BCUT2D eigenvalue weighted by Gasteiger charge is -2.00. The summed E-state index contributed by atoms with van der Waals surface area (Å²) in [5.74, 6) is 0.653. The first-order valence-corrected chi connectivity index (χ1v) is 8.56. The van der Waals surface area contributed by atoms with Crippen LogP contribution < -0.4 is 5.73 Å². The Bertz CT molecular complexity index is 772. The number of fused-ring (bicyclic) bond motifs is 1. The lowest BCUT2D eigenvalue weighted by atomic mass is 10.3. The van der Waals surface area contributed by atoms with Gasteiger partial charge in [-0.05, 0) is 72.4 Å². The maximum Gasteiger partial charge on any atom is 0.142 e. The maximum absolute atomic E-state index is 6.22. The van der Waals surface area contributed by atoms with Crippen LogP contribution in [0.5, 0.6) is 0 Å². The predicted octanol–water partition coefficient (Wildman–Crippen LogP) is 5.24. The Balaban J connectivity index is 2.31. The van der Waals surface area contributed by atoms with Gasteiger partial charge in [0, 0.05) is 15.1 Å². The van der Waals surface area contributed by atoms with Crippen molar-refractivity contribution in [3.63, 3.8) is 0 Å². The Morgan fingerprint density at radius 2 is 2.00 bits per heavy atom. The number of nitrogens with zero attached hydrogens (tertiary/aromatic N) is 2. The van der Waals surface area contributed by atoms with Crippen LogP contribution in [0.3, 0.4) is 0 Å². The first kappa shape index (κ1) is 13.6. The molecule has 3 rings (SSSR count). The molecule has 2 N–H and O–H groups in total. The van der Waals surface area contributed by atoms with E-state index in [1.165, 1.54) is 0 Å². The van der Waals surface area contributed by atoms with Crippen molar-refractivity contribution in [3.8, 4) is 10.6 Å². The number of halogens is 3. The molecule has 0 aliphatic carbocycles. The molecule has 98 valence electrons. The SMILES string of the molecule is Cc1cc(Br)cn2c(N)c(-c3cc(Br)c(Br)s3)nc12. The zero-order chi connectivity index (χ0) is 13.7. The van der Waals surface area contributed by atoms with Gasteiger partial charge in [0.15, 0.2) is 0 Å². The van der Waals surface area contributed by atoms with E-state index in [4.69, 9.17) is 5.73 Å². The average Bonchev–Trinajstić information content (AvgIpc) is 2.82. The summed E-state index contributed by atoms with van der Waals surface area (Å²) in [7, 11) is 0. The highest BCUT2D eigenvalue weighted by atomic mass is 79.9. The summed E-state index contributed by atoms with van der Waals surface area (Å²) in [5, 5.41) is 0. The molecule has 0 aliphatic rings. The highest BCUT2D eigenvalue weighted by Gasteiger charge is 2.16. The van der Waals surface area contributed by atoms with Crippen LogP contribution in [0.15, 0.2) is 31.1 Å². The highest BCUT2D eigenvalue weighted by Crippen LogP contribution is 2.40. The number of aryl methyl sites for hydroxylation is 1. The maximum atomic E-state index is 6.22. The van der Waals surface area contributed by atoms with Gasteiger partial charge in [-0.15, -0.1) is 11.3 Å².